The lowest BCUT2D eigenvalue weighted by molar-refractivity contribution is 0.424. The molecule has 2 aromatic heterocycles. The summed E-state index contributed by atoms with van der Waals surface area (Å²) in [5.74, 6) is 1.85. The van der Waals surface area contributed by atoms with Crippen LogP contribution in [0.5, 0.6) is 0 Å². The van der Waals surface area contributed by atoms with Gasteiger partial charge in [0.15, 0.2) is 0 Å². The molecule has 0 bridgehead atoms. The minimum Gasteiger partial charge on any atom is -0.341 e. The van der Waals surface area contributed by atoms with Crippen LogP contribution in [0.1, 0.15) is 57.8 Å². The van der Waals surface area contributed by atoms with Gasteiger partial charge in [0.25, 0.3) is 0 Å². The van der Waals surface area contributed by atoms with E-state index in [1.807, 2.05) is 25.4 Å². The summed E-state index contributed by atoms with van der Waals surface area (Å²) >= 11 is 0. The Labute approximate surface area is 138 Å². The number of hydrogen-bond acceptors (Lipinski definition) is 4. The van der Waals surface area contributed by atoms with Gasteiger partial charge >= 0.3 is 0 Å². The molecule has 1 fully saturated rings. The second kappa shape index (κ2) is 6.69. The maximum atomic E-state index is 4.83. The summed E-state index contributed by atoms with van der Waals surface area (Å²) in [5, 5.41) is 0. The van der Waals surface area contributed by atoms with Gasteiger partial charge in [0, 0.05) is 25.3 Å². The molecular formula is C18H27N5. The molecule has 0 spiro atoms. The number of nitrogens with zero attached hydrogens (tertiary/aromatic N) is 5. The summed E-state index contributed by atoms with van der Waals surface area (Å²) in [4.78, 5) is 16.1. The highest BCUT2D eigenvalue weighted by Gasteiger charge is 2.21. The molecule has 1 saturated carbocycles. The Kier molecular flexibility index (Phi) is 4.64. The van der Waals surface area contributed by atoms with Crippen LogP contribution in [-0.2, 0) is 0 Å². The molecule has 0 unspecified atom stereocenters. The van der Waals surface area contributed by atoms with Crippen molar-refractivity contribution in [3.05, 3.63) is 24.3 Å². The van der Waals surface area contributed by atoms with Crippen molar-refractivity contribution >= 4 is 5.95 Å². The Morgan fingerprint density at radius 2 is 1.91 bits per heavy atom. The Balaban J connectivity index is 1.91. The zero-order valence-electron chi connectivity index (χ0n) is 14.7. The number of imidazole rings is 1. The number of anilines is 1. The summed E-state index contributed by atoms with van der Waals surface area (Å²) < 4.78 is 2.23. The largest absolute Gasteiger partial charge is 0.341 e. The van der Waals surface area contributed by atoms with E-state index in [4.69, 9.17) is 4.98 Å². The molecule has 0 amide bonds. The fourth-order valence-corrected chi connectivity index (χ4v) is 3.59. The summed E-state index contributed by atoms with van der Waals surface area (Å²) in [5.41, 5.74) is 2.02. The molecule has 1 aliphatic carbocycles. The fraction of sp³-hybridized carbons (Fsp3) is 0.611. The van der Waals surface area contributed by atoms with Crippen molar-refractivity contribution in [2.24, 2.45) is 0 Å². The smallest absolute Gasteiger partial charge is 0.225 e. The van der Waals surface area contributed by atoms with Gasteiger partial charge in [-0.2, -0.15) is 0 Å². The van der Waals surface area contributed by atoms with Crippen LogP contribution in [0, 0.1) is 6.92 Å². The van der Waals surface area contributed by atoms with Gasteiger partial charge < -0.3 is 9.47 Å². The second-order valence-electron chi connectivity index (χ2n) is 6.80. The molecule has 5 heteroatoms. The van der Waals surface area contributed by atoms with Gasteiger partial charge in [0.2, 0.25) is 5.95 Å². The predicted octanol–water partition coefficient (Wildman–Crippen LogP) is 4.00. The maximum absolute atomic E-state index is 4.83. The first-order valence-corrected chi connectivity index (χ1v) is 8.68. The van der Waals surface area contributed by atoms with Crippen molar-refractivity contribution in [2.45, 2.75) is 65.0 Å². The highest BCUT2D eigenvalue weighted by atomic mass is 15.3. The Morgan fingerprint density at radius 3 is 2.61 bits per heavy atom. The van der Waals surface area contributed by atoms with Gasteiger partial charge in [-0.15, -0.1) is 0 Å². The van der Waals surface area contributed by atoms with Crippen LogP contribution in [-0.4, -0.2) is 32.6 Å². The van der Waals surface area contributed by atoms with E-state index in [9.17, 15) is 0 Å². The molecule has 2 heterocycles. The van der Waals surface area contributed by atoms with Crippen LogP contribution in [0.4, 0.5) is 5.95 Å². The molecule has 5 nitrogen and oxygen atoms in total. The van der Waals surface area contributed by atoms with Crippen LogP contribution in [0.25, 0.3) is 11.4 Å². The van der Waals surface area contributed by atoms with Crippen molar-refractivity contribution in [1.29, 1.82) is 0 Å². The van der Waals surface area contributed by atoms with E-state index < -0.39 is 0 Å². The minimum absolute atomic E-state index is 0.363. The Morgan fingerprint density at radius 1 is 1.17 bits per heavy atom. The first kappa shape index (κ1) is 16.0. The van der Waals surface area contributed by atoms with Crippen molar-refractivity contribution in [3.63, 3.8) is 0 Å². The van der Waals surface area contributed by atoms with Gasteiger partial charge in [-0.3, -0.25) is 0 Å². The quantitative estimate of drug-likeness (QED) is 0.856. The first-order chi connectivity index (χ1) is 11.1. The monoisotopic (exact) mass is 313 g/mol. The number of hydrogen-bond donors (Lipinski definition) is 0. The summed E-state index contributed by atoms with van der Waals surface area (Å²) in [7, 11) is 2.13. The fourth-order valence-electron chi connectivity index (χ4n) is 3.59. The third-order valence-electron chi connectivity index (χ3n) is 4.84. The average molecular weight is 313 g/mol. The Bertz CT molecular complexity index is 655. The van der Waals surface area contributed by atoms with Gasteiger partial charge in [0.1, 0.15) is 5.82 Å². The molecule has 124 valence electrons. The molecule has 2 aromatic rings. The van der Waals surface area contributed by atoms with Crippen molar-refractivity contribution < 1.29 is 0 Å². The molecule has 0 saturated heterocycles. The van der Waals surface area contributed by atoms with Gasteiger partial charge in [-0.25, -0.2) is 15.0 Å². The third-order valence-corrected chi connectivity index (χ3v) is 4.84. The molecule has 1 aliphatic rings. The van der Waals surface area contributed by atoms with Crippen LogP contribution < -0.4 is 4.90 Å². The predicted molar refractivity (Wildman–Crippen MR) is 93.7 cm³/mol. The van der Waals surface area contributed by atoms with Crippen LogP contribution in [0.15, 0.2) is 18.5 Å². The van der Waals surface area contributed by atoms with E-state index in [0.29, 0.717) is 12.1 Å². The SMILES string of the molecule is Cc1ncc(-c2ccnc(N(C)C3CCCCC3)n2)n1C(C)C. The standard InChI is InChI=1S/C18H27N5/c1-13(2)23-14(3)20-12-17(23)16-10-11-19-18(21-16)22(4)15-8-6-5-7-9-15/h10-13,15H,5-9H2,1-4H3. The second-order valence-corrected chi connectivity index (χ2v) is 6.80. The summed E-state index contributed by atoms with van der Waals surface area (Å²) in [6.45, 7) is 6.39. The van der Waals surface area contributed by atoms with E-state index in [1.54, 1.807) is 0 Å². The van der Waals surface area contributed by atoms with Crippen molar-refractivity contribution in [2.75, 3.05) is 11.9 Å². The normalized spacial score (nSPS) is 16.0. The summed E-state index contributed by atoms with van der Waals surface area (Å²) in [6, 6.07) is 2.91. The van der Waals surface area contributed by atoms with Crippen molar-refractivity contribution in [1.82, 2.24) is 19.5 Å². The number of rotatable bonds is 4. The molecular weight excluding hydrogens is 286 g/mol. The van der Waals surface area contributed by atoms with Gasteiger partial charge in [-0.1, -0.05) is 19.3 Å². The van der Waals surface area contributed by atoms with E-state index in [-0.39, 0.29) is 0 Å². The zero-order valence-corrected chi connectivity index (χ0v) is 14.7. The molecule has 23 heavy (non-hydrogen) atoms. The van der Waals surface area contributed by atoms with Gasteiger partial charge in [0.05, 0.1) is 17.6 Å². The molecule has 0 aromatic carbocycles. The number of aromatic nitrogens is 4. The van der Waals surface area contributed by atoms with E-state index in [0.717, 1.165) is 23.2 Å². The minimum atomic E-state index is 0.363. The molecule has 0 N–H and O–H groups in total. The molecule has 0 radical (unpaired) electrons. The Hall–Kier alpha value is -1.91. The maximum Gasteiger partial charge on any atom is 0.225 e. The molecule has 0 atom stereocenters. The van der Waals surface area contributed by atoms with E-state index in [2.05, 4.69) is 40.3 Å². The lowest BCUT2D eigenvalue weighted by atomic mass is 9.95. The first-order valence-electron chi connectivity index (χ1n) is 8.68. The third kappa shape index (κ3) is 3.23. The highest BCUT2D eigenvalue weighted by molar-refractivity contribution is 5.56. The average Bonchev–Trinajstić information content (AvgIpc) is 2.97. The summed E-state index contributed by atoms with van der Waals surface area (Å²) in [6.07, 6.45) is 10.3. The van der Waals surface area contributed by atoms with Crippen LogP contribution in [0.2, 0.25) is 0 Å². The topological polar surface area (TPSA) is 46.8 Å². The number of aryl methyl sites for hydroxylation is 1. The molecule has 3 rings (SSSR count). The lowest BCUT2D eigenvalue weighted by Gasteiger charge is -2.31. The lowest BCUT2D eigenvalue weighted by Crippen LogP contribution is -2.34. The van der Waals surface area contributed by atoms with E-state index in [1.165, 1.54) is 32.1 Å². The van der Waals surface area contributed by atoms with Crippen molar-refractivity contribution in [3.8, 4) is 11.4 Å². The zero-order chi connectivity index (χ0) is 16.4. The van der Waals surface area contributed by atoms with E-state index >= 15 is 0 Å². The highest BCUT2D eigenvalue weighted by Crippen LogP contribution is 2.27. The molecule has 0 aliphatic heterocycles. The van der Waals surface area contributed by atoms with Crippen LogP contribution >= 0.6 is 0 Å². The van der Waals surface area contributed by atoms with Crippen LogP contribution in [0.3, 0.4) is 0 Å². The van der Waals surface area contributed by atoms with Gasteiger partial charge in [-0.05, 0) is 39.7 Å².